The van der Waals surface area contributed by atoms with Crippen molar-refractivity contribution in [3.63, 3.8) is 0 Å². The minimum absolute atomic E-state index is 0.250. The molecular weight excluding hydrogens is 386 g/mol. The summed E-state index contributed by atoms with van der Waals surface area (Å²) in [6, 6.07) is 15.8. The van der Waals surface area contributed by atoms with E-state index in [9.17, 15) is 18.5 Å². The molecule has 2 aromatic rings. The fraction of sp³-hybridized carbons (Fsp3) is 0.263. The Bertz CT molecular complexity index is 982. The first-order valence-corrected chi connectivity index (χ1v) is 10.6. The van der Waals surface area contributed by atoms with Crippen LogP contribution in [-0.4, -0.2) is 20.6 Å². The van der Waals surface area contributed by atoms with Gasteiger partial charge in [0.25, 0.3) is 0 Å². The summed E-state index contributed by atoms with van der Waals surface area (Å²) in [7, 11) is -3.35. The van der Waals surface area contributed by atoms with Gasteiger partial charge >= 0.3 is 0 Å². The number of benzene rings is 2. The molecule has 8 heteroatoms. The number of nitrogens with one attached hydrogen (secondary N) is 2. The Morgan fingerprint density at radius 2 is 1.70 bits per heavy atom. The third kappa shape index (κ3) is 4.59. The van der Waals surface area contributed by atoms with Crippen LogP contribution in [0.15, 0.2) is 48.5 Å². The third-order valence-corrected chi connectivity index (χ3v) is 5.40. The third-order valence-electron chi connectivity index (χ3n) is 4.54. The number of anilines is 1. The minimum Gasteiger partial charge on any atom is -0.348 e. The van der Waals surface area contributed by atoms with Gasteiger partial charge in [-0.2, -0.15) is 5.26 Å². The average molecular weight is 404 g/mol. The number of hydrogen-bond donors (Lipinski definition) is 2. The summed E-state index contributed by atoms with van der Waals surface area (Å²) in [6.45, 7) is 0. The molecule has 3 rings (SSSR count). The topological polar surface area (TPSA) is 99.1 Å². The van der Waals surface area contributed by atoms with Gasteiger partial charge in [-0.1, -0.05) is 35.9 Å². The van der Waals surface area contributed by atoms with E-state index in [1.165, 1.54) is 0 Å². The van der Waals surface area contributed by atoms with Gasteiger partial charge in [0.1, 0.15) is 5.92 Å². The molecule has 1 fully saturated rings. The molecule has 0 saturated carbocycles. The van der Waals surface area contributed by atoms with Crippen LogP contribution in [0.3, 0.4) is 0 Å². The number of nitrogens with zero attached hydrogens (tertiary/aromatic N) is 1. The standard InChI is InChI=1S/C19H18ClN3O3S/c1-27(25,26)23-15-8-4-13(5-9-15)18-10-16(17(11-21)19(24)22-18)12-2-6-14(20)7-3-12/h2-9,16-18,23H,10H2,1H3,(H,22,24). The van der Waals surface area contributed by atoms with Gasteiger partial charge in [0.2, 0.25) is 15.9 Å². The number of halogens is 1. The second kappa shape index (κ2) is 7.59. The lowest BCUT2D eigenvalue weighted by molar-refractivity contribution is -0.126. The highest BCUT2D eigenvalue weighted by molar-refractivity contribution is 7.92. The quantitative estimate of drug-likeness (QED) is 0.818. The molecule has 6 nitrogen and oxygen atoms in total. The van der Waals surface area contributed by atoms with E-state index in [0.29, 0.717) is 17.1 Å². The van der Waals surface area contributed by atoms with Crippen LogP contribution >= 0.6 is 11.6 Å². The summed E-state index contributed by atoms with van der Waals surface area (Å²) in [5.41, 5.74) is 2.19. The van der Waals surface area contributed by atoms with Crippen molar-refractivity contribution >= 4 is 33.2 Å². The number of rotatable bonds is 4. The zero-order valence-corrected chi connectivity index (χ0v) is 16.1. The molecule has 1 heterocycles. The second-order valence-electron chi connectivity index (χ2n) is 6.56. The van der Waals surface area contributed by atoms with Gasteiger partial charge in [-0.3, -0.25) is 9.52 Å². The molecule has 1 aliphatic heterocycles. The van der Waals surface area contributed by atoms with E-state index in [4.69, 9.17) is 11.6 Å². The lowest BCUT2D eigenvalue weighted by Gasteiger charge is -2.33. The van der Waals surface area contributed by atoms with Gasteiger partial charge in [0.05, 0.1) is 18.4 Å². The van der Waals surface area contributed by atoms with Gasteiger partial charge in [-0.15, -0.1) is 0 Å². The van der Waals surface area contributed by atoms with Gasteiger partial charge < -0.3 is 5.32 Å². The van der Waals surface area contributed by atoms with E-state index in [1.54, 1.807) is 36.4 Å². The molecule has 0 spiro atoms. The van der Waals surface area contributed by atoms with Crippen molar-refractivity contribution in [2.45, 2.75) is 18.4 Å². The molecule has 0 aromatic heterocycles. The molecule has 2 N–H and O–H groups in total. The molecular formula is C19H18ClN3O3S. The maximum atomic E-state index is 12.5. The lowest BCUT2D eigenvalue weighted by Crippen LogP contribution is -2.42. The summed E-state index contributed by atoms with van der Waals surface area (Å²) < 4.78 is 25.0. The number of carbonyl (C=O) groups is 1. The smallest absolute Gasteiger partial charge is 0.238 e. The fourth-order valence-corrected chi connectivity index (χ4v) is 3.99. The Hall–Kier alpha value is -2.56. The Kier molecular flexibility index (Phi) is 5.40. The number of nitriles is 1. The minimum atomic E-state index is -3.35. The molecule has 2 aromatic carbocycles. The van der Waals surface area contributed by atoms with Crippen molar-refractivity contribution in [2.75, 3.05) is 11.0 Å². The lowest BCUT2D eigenvalue weighted by atomic mass is 9.77. The maximum Gasteiger partial charge on any atom is 0.238 e. The maximum absolute atomic E-state index is 12.5. The zero-order chi connectivity index (χ0) is 19.6. The normalized spacial score (nSPS) is 22.6. The molecule has 0 radical (unpaired) electrons. The Morgan fingerprint density at radius 3 is 2.26 bits per heavy atom. The van der Waals surface area contributed by atoms with Crippen LogP contribution in [0.4, 0.5) is 5.69 Å². The number of amides is 1. The predicted molar refractivity (Wildman–Crippen MR) is 104 cm³/mol. The van der Waals surface area contributed by atoms with Crippen molar-refractivity contribution < 1.29 is 13.2 Å². The highest BCUT2D eigenvalue weighted by Crippen LogP contribution is 2.38. The molecule has 3 atom stereocenters. The van der Waals surface area contributed by atoms with Crippen LogP contribution in [0.1, 0.15) is 29.5 Å². The van der Waals surface area contributed by atoms with E-state index >= 15 is 0 Å². The van der Waals surface area contributed by atoms with Crippen molar-refractivity contribution in [3.8, 4) is 6.07 Å². The molecule has 140 valence electrons. The van der Waals surface area contributed by atoms with Crippen LogP contribution < -0.4 is 10.0 Å². The summed E-state index contributed by atoms with van der Waals surface area (Å²) in [5, 5.41) is 12.9. The Balaban J connectivity index is 1.85. The van der Waals surface area contributed by atoms with Gasteiger partial charge in [0, 0.05) is 16.6 Å². The van der Waals surface area contributed by atoms with Crippen molar-refractivity contribution in [2.24, 2.45) is 5.92 Å². The van der Waals surface area contributed by atoms with Crippen molar-refractivity contribution in [1.29, 1.82) is 5.26 Å². The van der Waals surface area contributed by atoms with Crippen LogP contribution in [-0.2, 0) is 14.8 Å². The molecule has 1 amide bonds. The Morgan fingerprint density at radius 1 is 1.11 bits per heavy atom. The summed E-state index contributed by atoms with van der Waals surface area (Å²) in [6.07, 6.45) is 1.64. The van der Waals surface area contributed by atoms with E-state index in [-0.39, 0.29) is 17.9 Å². The summed E-state index contributed by atoms with van der Waals surface area (Å²) >= 11 is 5.94. The van der Waals surface area contributed by atoms with Gasteiger partial charge in [-0.25, -0.2) is 8.42 Å². The molecule has 1 saturated heterocycles. The number of carbonyl (C=O) groups excluding carboxylic acids is 1. The van der Waals surface area contributed by atoms with Crippen molar-refractivity contribution in [1.82, 2.24) is 5.32 Å². The molecule has 0 aliphatic carbocycles. The predicted octanol–water partition coefficient (Wildman–Crippen LogP) is 3.20. The monoisotopic (exact) mass is 403 g/mol. The SMILES string of the molecule is CS(=O)(=O)Nc1ccc(C2CC(c3ccc(Cl)cc3)C(C#N)C(=O)N2)cc1. The highest BCUT2D eigenvalue weighted by Gasteiger charge is 2.38. The van der Waals surface area contributed by atoms with Crippen LogP contribution in [0.5, 0.6) is 0 Å². The summed E-state index contributed by atoms with van der Waals surface area (Å²) in [4.78, 5) is 12.5. The van der Waals surface area contributed by atoms with E-state index in [1.807, 2.05) is 12.1 Å². The number of sulfonamides is 1. The van der Waals surface area contributed by atoms with E-state index < -0.39 is 15.9 Å². The molecule has 27 heavy (non-hydrogen) atoms. The molecule has 0 bridgehead atoms. The van der Waals surface area contributed by atoms with Gasteiger partial charge in [-0.05, 0) is 41.8 Å². The van der Waals surface area contributed by atoms with Crippen LogP contribution in [0.2, 0.25) is 5.02 Å². The average Bonchev–Trinajstić information content (AvgIpc) is 2.61. The number of piperidine rings is 1. The highest BCUT2D eigenvalue weighted by atomic mass is 35.5. The molecule has 3 unspecified atom stereocenters. The first-order valence-electron chi connectivity index (χ1n) is 8.30. The Labute approximate surface area is 163 Å². The second-order valence-corrected chi connectivity index (χ2v) is 8.74. The largest absolute Gasteiger partial charge is 0.348 e. The zero-order valence-electron chi connectivity index (χ0n) is 14.5. The van der Waals surface area contributed by atoms with E-state index in [0.717, 1.165) is 17.4 Å². The first kappa shape index (κ1) is 19.2. The molecule has 1 aliphatic rings. The summed E-state index contributed by atoms with van der Waals surface area (Å²) in [5.74, 6) is -1.33. The van der Waals surface area contributed by atoms with Crippen LogP contribution in [0.25, 0.3) is 0 Å². The fourth-order valence-electron chi connectivity index (χ4n) is 3.30. The van der Waals surface area contributed by atoms with Crippen molar-refractivity contribution in [3.05, 3.63) is 64.7 Å². The number of hydrogen-bond acceptors (Lipinski definition) is 4. The first-order chi connectivity index (χ1) is 12.8. The van der Waals surface area contributed by atoms with Crippen LogP contribution in [0, 0.1) is 17.2 Å². The van der Waals surface area contributed by atoms with Gasteiger partial charge in [0.15, 0.2) is 0 Å². The van der Waals surface area contributed by atoms with E-state index in [2.05, 4.69) is 16.1 Å².